The summed E-state index contributed by atoms with van der Waals surface area (Å²) < 4.78 is 0. The maximum absolute atomic E-state index is 11.4. The van der Waals surface area contributed by atoms with Gasteiger partial charge in [-0.05, 0) is 0 Å². The van der Waals surface area contributed by atoms with E-state index >= 15 is 0 Å². The van der Waals surface area contributed by atoms with Crippen LogP contribution in [0.4, 0.5) is 5.69 Å². The number of carboxylic acids is 1. The Morgan fingerprint density at radius 3 is 3.00 bits per heavy atom. The topological polar surface area (TPSA) is 57.6 Å². The summed E-state index contributed by atoms with van der Waals surface area (Å²) >= 11 is 1.11. The second-order valence-electron chi connectivity index (χ2n) is 2.91. The lowest BCUT2D eigenvalue weighted by atomic mass is 10.2. The van der Waals surface area contributed by atoms with Crippen molar-refractivity contribution >= 4 is 28.8 Å². The van der Waals surface area contributed by atoms with E-state index in [4.69, 9.17) is 5.11 Å². The molecular formula is C8H7NO3S. The fourth-order valence-electron chi connectivity index (χ4n) is 1.44. The highest BCUT2D eigenvalue weighted by molar-refractivity contribution is 7.13. The average molecular weight is 197 g/mol. The Morgan fingerprint density at radius 2 is 2.38 bits per heavy atom. The van der Waals surface area contributed by atoms with Gasteiger partial charge in [-0.15, -0.1) is 11.3 Å². The van der Waals surface area contributed by atoms with Gasteiger partial charge in [0, 0.05) is 12.4 Å². The van der Waals surface area contributed by atoms with E-state index in [1.54, 1.807) is 17.3 Å². The van der Waals surface area contributed by atoms with Crippen LogP contribution in [-0.4, -0.2) is 30.5 Å². The fourth-order valence-corrected chi connectivity index (χ4v) is 2.40. The summed E-state index contributed by atoms with van der Waals surface area (Å²) in [6.45, 7) is 0.290. The first kappa shape index (κ1) is 8.25. The number of hydrogen-bond acceptors (Lipinski definition) is 4. The fraction of sp³-hybridized carbons (Fsp3) is 0.250. The van der Waals surface area contributed by atoms with E-state index in [-0.39, 0.29) is 10.7 Å². The number of rotatable bonds is 1. The third-order valence-corrected chi connectivity index (χ3v) is 2.99. The highest BCUT2D eigenvalue weighted by atomic mass is 32.1. The highest BCUT2D eigenvalue weighted by Gasteiger charge is 2.31. The van der Waals surface area contributed by atoms with E-state index in [2.05, 4.69) is 0 Å². The molecule has 1 aliphatic heterocycles. The molecule has 0 fully saturated rings. The molecule has 0 aromatic carbocycles. The summed E-state index contributed by atoms with van der Waals surface area (Å²) in [6, 6.07) is 0. The Labute approximate surface area is 78.4 Å². The summed E-state index contributed by atoms with van der Waals surface area (Å²) in [5, 5.41) is 10.5. The quantitative estimate of drug-likeness (QED) is 0.731. The molecule has 1 aliphatic rings. The number of anilines is 1. The Bertz CT molecular complexity index is 396. The molecule has 0 radical (unpaired) electrons. The second kappa shape index (κ2) is 2.56. The van der Waals surface area contributed by atoms with E-state index in [1.165, 1.54) is 0 Å². The van der Waals surface area contributed by atoms with Crippen LogP contribution in [0.5, 0.6) is 0 Å². The summed E-state index contributed by atoms with van der Waals surface area (Å²) in [4.78, 5) is 24.0. The Morgan fingerprint density at radius 1 is 1.69 bits per heavy atom. The van der Waals surface area contributed by atoms with Crippen LogP contribution < -0.4 is 4.90 Å². The highest BCUT2D eigenvalue weighted by Crippen LogP contribution is 2.34. The van der Waals surface area contributed by atoms with Crippen LogP contribution in [0.25, 0.3) is 0 Å². The van der Waals surface area contributed by atoms with Gasteiger partial charge in [0.1, 0.15) is 4.88 Å². The Balaban J connectivity index is 2.61. The van der Waals surface area contributed by atoms with Crippen molar-refractivity contribution < 1.29 is 14.7 Å². The first-order chi connectivity index (χ1) is 6.11. The van der Waals surface area contributed by atoms with Gasteiger partial charge in [-0.3, -0.25) is 4.79 Å². The van der Waals surface area contributed by atoms with Gasteiger partial charge in [0.2, 0.25) is 0 Å². The van der Waals surface area contributed by atoms with Crippen LogP contribution in [0, 0.1) is 0 Å². The zero-order chi connectivity index (χ0) is 9.59. The third kappa shape index (κ3) is 1.04. The molecule has 0 atom stereocenters. The number of carbonyl (C=O) groups is 2. The van der Waals surface area contributed by atoms with Crippen LogP contribution in [0.1, 0.15) is 20.0 Å². The summed E-state index contributed by atoms with van der Waals surface area (Å²) in [5.74, 6) is -1.12. The van der Waals surface area contributed by atoms with Crippen molar-refractivity contribution in [3.8, 4) is 0 Å². The van der Waals surface area contributed by atoms with Crippen molar-refractivity contribution in [1.82, 2.24) is 0 Å². The normalized spacial score (nSPS) is 14.8. The van der Waals surface area contributed by atoms with E-state index in [0.717, 1.165) is 17.0 Å². The molecule has 2 heterocycles. The van der Waals surface area contributed by atoms with Crippen molar-refractivity contribution in [2.24, 2.45) is 0 Å². The maximum atomic E-state index is 11.4. The van der Waals surface area contributed by atoms with Crippen LogP contribution >= 0.6 is 11.3 Å². The molecular weight excluding hydrogens is 190 g/mol. The molecule has 1 N–H and O–H groups in total. The van der Waals surface area contributed by atoms with Crippen molar-refractivity contribution in [1.29, 1.82) is 0 Å². The molecule has 1 aromatic rings. The molecule has 5 heteroatoms. The summed E-state index contributed by atoms with van der Waals surface area (Å²) in [7, 11) is 1.78. The average Bonchev–Trinajstić information content (AvgIpc) is 2.55. The third-order valence-electron chi connectivity index (χ3n) is 2.04. The molecule has 0 amide bonds. The van der Waals surface area contributed by atoms with Crippen molar-refractivity contribution in [2.45, 2.75) is 0 Å². The lowest BCUT2D eigenvalue weighted by molar-refractivity contribution is 0.0698. The molecule has 1 aromatic heterocycles. The minimum atomic E-state index is -1.02. The molecule has 2 rings (SSSR count). The first-order valence-corrected chi connectivity index (χ1v) is 4.58. The summed E-state index contributed by atoms with van der Waals surface area (Å²) in [5.41, 5.74) is 1.12. The Kier molecular flexibility index (Phi) is 1.63. The van der Waals surface area contributed by atoms with Gasteiger partial charge in [-0.2, -0.15) is 0 Å². The number of aromatic carboxylic acids is 1. The van der Waals surface area contributed by atoms with E-state index < -0.39 is 5.97 Å². The number of hydrogen-bond donors (Lipinski definition) is 1. The van der Waals surface area contributed by atoms with Gasteiger partial charge in [0.05, 0.1) is 17.8 Å². The van der Waals surface area contributed by atoms with Gasteiger partial charge in [-0.25, -0.2) is 4.79 Å². The molecule has 0 saturated heterocycles. The molecule has 0 bridgehead atoms. The van der Waals surface area contributed by atoms with E-state index in [9.17, 15) is 9.59 Å². The molecule has 0 spiro atoms. The first-order valence-electron chi connectivity index (χ1n) is 3.70. The second-order valence-corrected chi connectivity index (χ2v) is 3.79. The van der Waals surface area contributed by atoms with E-state index in [1.807, 2.05) is 0 Å². The number of ketones is 1. The van der Waals surface area contributed by atoms with Gasteiger partial charge in [0.15, 0.2) is 5.78 Å². The van der Waals surface area contributed by atoms with E-state index in [0.29, 0.717) is 12.1 Å². The molecule has 13 heavy (non-hydrogen) atoms. The van der Waals surface area contributed by atoms with Gasteiger partial charge in [0.25, 0.3) is 0 Å². The predicted molar refractivity (Wildman–Crippen MR) is 48.9 cm³/mol. The number of thiophene rings is 1. The predicted octanol–water partition coefficient (Wildman–Crippen LogP) is 1.08. The van der Waals surface area contributed by atoms with Crippen LogP contribution in [-0.2, 0) is 0 Å². The molecule has 68 valence electrons. The van der Waals surface area contributed by atoms with Crippen molar-refractivity contribution in [3.63, 3.8) is 0 Å². The van der Waals surface area contributed by atoms with Crippen LogP contribution in [0.2, 0.25) is 0 Å². The number of nitrogens with zero attached hydrogens (tertiary/aromatic N) is 1. The molecule has 4 nitrogen and oxygen atoms in total. The monoisotopic (exact) mass is 197 g/mol. The number of carboxylic acid groups (broad SMARTS) is 1. The minimum absolute atomic E-state index is 0.101. The minimum Gasteiger partial charge on any atom is -0.477 e. The smallest absolute Gasteiger partial charge is 0.346 e. The van der Waals surface area contributed by atoms with Crippen molar-refractivity contribution in [2.75, 3.05) is 18.5 Å². The zero-order valence-electron chi connectivity index (χ0n) is 6.90. The maximum Gasteiger partial charge on any atom is 0.346 e. The molecule has 0 aliphatic carbocycles. The van der Waals surface area contributed by atoms with Gasteiger partial charge < -0.3 is 10.0 Å². The largest absolute Gasteiger partial charge is 0.477 e. The van der Waals surface area contributed by atoms with Crippen molar-refractivity contribution in [3.05, 3.63) is 15.8 Å². The van der Waals surface area contributed by atoms with Crippen LogP contribution in [0.3, 0.4) is 0 Å². The van der Waals surface area contributed by atoms with Gasteiger partial charge in [-0.1, -0.05) is 0 Å². The number of carbonyl (C=O) groups excluding carboxylic acids is 1. The standard InChI is InChI=1S/C8H7NO3S/c1-9-2-5(10)6-4(9)3-13-7(6)8(11)12/h3H,2H2,1H3,(H,11,12). The lowest BCUT2D eigenvalue weighted by Gasteiger charge is -2.06. The number of likely N-dealkylation sites (N-methyl/N-ethyl adjacent to an activating group) is 1. The Hall–Kier alpha value is -1.36. The van der Waals surface area contributed by atoms with Crippen LogP contribution in [0.15, 0.2) is 5.38 Å². The SMILES string of the molecule is CN1CC(=O)c2c1csc2C(=O)O. The van der Waals surface area contributed by atoms with Gasteiger partial charge >= 0.3 is 5.97 Å². The molecule has 0 saturated carbocycles. The summed E-state index contributed by atoms with van der Waals surface area (Å²) in [6.07, 6.45) is 0. The number of fused-ring (bicyclic) bond motifs is 1. The molecule has 0 unspecified atom stereocenters. The number of Topliss-reactive ketones (excluding diaryl/α,β-unsaturated/α-hetero) is 1. The zero-order valence-corrected chi connectivity index (χ0v) is 7.72. The lowest BCUT2D eigenvalue weighted by Crippen LogP contribution is -2.16.